The number of carboxylic acid groups (broad SMARTS) is 1. The van der Waals surface area contributed by atoms with Crippen molar-refractivity contribution in [2.24, 2.45) is 0 Å². The molecule has 0 aliphatic carbocycles. The first-order valence-electron chi connectivity index (χ1n) is 5.21. The van der Waals surface area contributed by atoms with Gasteiger partial charge in [-0.05, 0) is 59.4 Å². The lowest BCUT2D eigenvalue weighted by Crippen LogP contribution is -2.00. The Morgan fingerprint density at radius 2 is 2.38 bits per heavy atom. The highest BCUT2D eigenvalue weighted by atomic mass is 127. The minimum atomic E-state index is -0.715. The zero-order chi connectivity index (χ0) is 12.1. The summed E-state index contributed by atoms with van der Waals surface area (Å²) in [4.78, 5) is 10.5. The van der Waals surface area contributed by atoms with Gasteiger partial charge in [-0.1, -0.05) is 18.5 Å². The van der Waals surface area contributed by atoms with Crippen molar-refractivity contribution in [2.75, 3.05) is 0 Å². The van der Waals surface area contributed by atoms with Crippen molar-refractivity contribution in [3.8, 4) is 0 Å². The third-order valence-electron chi connectivity index (χ3n) is 2.56. The number of thiophene rings is 1. The SMILES string of the molecule is CCC(CCCC(=O)O)c1cc(Cl)sc1I. The Kier molecular flexibility index (Phi) is 6.07. The molecule has 2 nitrogen and oxygen atoms in total. The summed E-state index contributed by atoms with van der Waals surface area (Å²) in [5.41, 5.74) is 1.28. The van der Waals surface area contributed by atoms with Gasteiger partial charge in [0.2, 0.25) is 0 Å². The van der Waals surface area contributed by atoms with E-state index in [4.69, 9.17) is 16.7 Å². The predicted molar refractivity (Wildman–Crippen MR) is 76.6 cm³/mol. The van der Waals surface area contributed by atoms with Crippen LogP contribution in [0, 0.1) is 2.88 Å². The van der Waals surface area contributed by atoms with Crippen molar-refractivity contribution in [1.82, 2.24) is 0 Å². The maximum absolute atomic E-state index is 10.5. The number of aliphatic carboxylic acids is 1. The fourth-order valence-electron chi connectivity index (χ4n) is 1.71. The monoisotopic (exact) mass is 372 g/mol. The van der Waals surface area contributed by atoms with Gasteiger partial charge in [0.1, 0.15) is 0 Å². The van der Waals surface area contributed by atoms with E-state index < -0.39 is 5.97 Å². The maximum Gasteiger partial charge on any atom is 0.303 e. The summed E-state index contributed by atoms with van der Waals surface area (Å²) in [5.74, 6) is -0.275. The normalized spacial score (nSPS) is 12.7. The second kappa shape index (κ2) is 6.81. The van der Waals surface area contributed by atoms with E-state index in [-0.39, 0.29) is 6.42 Å². The van der Waals surface area contributed by atoms with Crippen LogP contribution in [-0.2, 0) is 4.79 Å². The third-order valence-corrected chi connectivity index (χ3v) is 4.91. The lowest BCUT2D eigenvalue weighted by atomic mass is 9.93. The van der Waals surface area contributed by atoms with E-state index in [1.54, 1.807) is 11.3 Å². The van der Waals surface area contributed by atoms with Gasteiger partial charge in [-0.15, -0.1) is 11.3 Å². The second-order valence-electron chi connectivity index (χ2n) is 3.67. The average molecular weight is 373 g/mol. The van der Waals surface area contributed by atoms with Gasteiger partial charge >= 0.3 is 5.97 Å². The number of halogens is 2. The molecule has 16 heavy (non-hydrogen) atoms. The molecule has 0 saturated carbocycles. The van der Waals surface area contributed by atoms with Crippen LogP contribution < -0.4 is 0 Å². The molecule has 0 aliphatic rings. The van der Waals surface area contributed by atoms with Crippen LogP contribution in [0.1, 0.15) is 44.1 Å². The first kappa shape index (κ1) is 14.3. The van der Waals surface area contributed by atoms with Crippen molar-refractivity contribution in [1.29, 1.82) is 0 Å². The molecule has 1 aromatic heterocycles. The summed E-state index contributed by atoms with van der Waals surface area (Å²) >= 11 is 9.86. The number of carboxylic acids is 1. The molecule has 1 aromatic rings. The fourth-order valence-corrected chi connectivity index (χ4v) is 4.46. The van der Waals surface area contributed by atoms with E-state index >= 15 is 0 Å². The predicted octanol–water partition coefficient (Wildman–Crippen LogP) is 4.75. The van der Waals surface area contributed by atoms with Gasteiger partial charge in [-0.3, -0.25) is 4.79 Å². The molecular weight excluding hydrogens is 359 g/mol. The minimum Gasteiger partial charge on any atom is -0.481 e. The van der Waals surface area contributed by atoms with Gasteiger partial charge in [-0.25, -0.2) is 0 Å². The standard InChI is InChI=1S/C11H14ClIO2S/c1-2-7(4-3-5-10(14)15)8-6-9(12)16-11(8)13/h6-7H,2-5H2,1H3,(H,14,15). The minimum absolute atomic E-state index is 0.255. The Morgan fingerprint density at radius 1 is 1.69 bits per heavy atom. The highest BCUT2D eigenvalue weighted by Crippen LogP contribution is 2.36. The summed E-state index contributed by atoms with van der Waals surface area (Å²) in [5, 5.41) is 8.61. The summed E-state index contributed by atoms with van der Waals surface area (Å²) in [6, 6.07) is 2.02. The van der Waals surface area contributed by atoms with Crippen LogP contribution in [0.2, 0.25) is 4.34 Å². The quantitative estimate of drug-likeness (QED) is 0.731. The highest BCUT2D eigenvalue weighted by molar-refractivity contribution is 14.1. The van der Waals surface area contributed by atoms with Gasteiger partial charge in [0.15, 0.2) is 0 Å². The first-order valence-corrected chi connectivity index (χ1v) is 7.48. The van der Waals surface area contributed by atoms with Crippen LogP contribution in [0.5, 0.6) is 0 Å². The lowest BCUT2D eigenvalue weighted by molar-refractivity contribution is -0.137. The van der Waals surface area contributed by atoms with E-state index in [0.717, 1.165) is 23.6 Å². The smallest absolute Gasteiger partial charge is 0.303 e. The van der Waals surface area contributed by atoms with E-state index in [9.17, 15) is 4.79 Å². The topological polar surface area (TPSA) is 37.3 Å². The summed E-state index contributed by atoms with van der Waals surface area (Å²) in [6.45, 7) is 2.13. The number of rotatable bonds is 6. The number of hydrogen-bond acceptors (Lipinski definition) is 2. The largest absolute Gasteiger partial charge is 0.481 e. The van der Waals surface area contributed by atoms with Gasteiger partial charge < -0.3 is 5.11 Å². The van der Waals surface area contributed by atoms with Crippen LogP contribution in [0.3, 0.4) is 0 Å². The van der Waals surface area contributed by atoms with Crippen molar-refractivity contribution >= 4 is 51.5 Å². The molecular formula is C11H14ClIO2S. The van der Waals surface area contributed by atoms with Crippen molar-refractivity contribution in [3.05, 3.63) is 18.9 Å². The highest BCUT2D eigenvalue weighted by Gasteiger charge is 2.15. The Labute approximate surface area is 118 Å². The maximum atomic E-state index is 10.5. The molecule has 0 fully saturated rings. The Balaban J connectivity index is 2.60. The third kappa shape index (κ3) is 4.22. The van der Waals surface area contributed by atoms with E-state index in [1.807, 2.05) is 6.07 Å². The van der Waals surface area contributed by atoms with Crippen LogP contribution >= 0.6 is 45.5 Å². The van der Waals surface area contributed by atoms with Crippen molar-refractivity contribution < 1.29 is 9.90 Å². The van der Waals surface area contributed by atoms with E-state index in [0.29, 0.717) is 5.92 Å². The molecule has 1 heterocycles. The molecule has 0 spiro atoms. The Hall–Kier alpha value is 0.190. The van der Waals surface area contributed by atoms with E-state index in [2.05, 4.69) is 29.5 Å². The van der Waals surface area contributed by atoms with Crippen LogP contribution in [0.25, 0.3) is 0 Å². The Bertz CT molecular complexity index is 365. The first-order chi connectivity index (χ1) is 7.54. The molecule has 0 amide bonds. The molecule has 0 saturated heterocycles. The second-order valence-corrected chi connectivity index (χ2v) is 7.16. The average Bonchev–Trinajstić information content (AvgIpc) is 2.52. The molecule has 0 bridgehead atoms. The zero-order valence-electron chi connectivity index (χ0n) is 9.00. The summed E-state index contributed by atoms with van der Waals surface area (Å²) in [7, 11) is 0. The fraction of sp³-hybridized carbons (Fsp3) is 0.545. The van der Waals surface area contributed by atoms with Gasteiger partial charge in [0, 0.05) is 6.42 Å². The van der Waals surface area contributed by atoms with Crippen LogP contribution in [0.4, 0.5) is 0 Å². The van der Waals surface area contributed by atoms with Crippen LogP contribution in [-0.4, -0.2) is 11.1 Å². The molecule has 5 heteroatoms. The lowest BCUT2D eigenvalue weighted by Gasteiger charge is -2.13. The van der Waals surface area contributed by atoms with Crippen LogP contribution in [0.15, 0.2) is 6.07 Å². The van der Waals surface area contributed by atoms with Gasteiger partial charge in [-0.2, -0.15) is 0 Å². The number of carbonyl (C=O) groups is 1. The molecule has 0 radical (unpaired) electrons. The van der Waals surface area contributed by atoms with Gasteiger partial charge in [0.25, 0.3) is 0 Å². The molecule has 0 aliphatic heterocycles. The molecule has 90 valence electrons. The van der Waals surface area contributed by atoms with Crippen molar-refractivity contribution in [3.63, 3.8) is 0 Å². The molecule has 1 N–H and O–H groups in total. The number of hydrogen-bond donors (Lipinski definition) is 1. The molecule has 1 unspecified atom stereocenters. The van der Waals surface area contributed by atoms with E-state index in [1.165, 1.54) is 8.45 Å². The summed E-state index contributed by atoms with van der Waals surface area (Å²) < 4.78 is 2.04. The molecule has 0 aromatic carbocycles. The van der Waals surface area contributed by atoms with Crippen molar-refractivity contribution in [2.45, 2.75) is 38.5 Å². The molecule has 1 atom stereocenters. The summed E-state index contributed by atoms with van der Waals surface area (Å²) in [6.07, 6.45) is 2.94. The Morgan fingerprint density at radius 3 is 2.81 bits per heavy atom. The molecule has 1 rings (SSSR count). The zero-order valence-corrected chi connectivity index (χ0v) is 12.7. The van der Waals surface area contributed by atoms with Gasteiger partial charge in [0.05, 0.1) is 7.22 Å².